The number of hydrogen-bond acceptors (Lipinski definition) is 11. The van der Waals surface area contributed by atoms with Gasteiger partial charge in [0, 0.05) is 114 Å². The third-order valence-corrected chi connectivity index (χ3v) is 19.5. The van der Waals surface area contributed by atoms with E-state index < -0.39 is 82.0 Å². The lowest BCUT2D eigenvalue weighted by atomic mass is 9.95. The monoisotopic (exact) mass is 1560 g/mol. The number of aryl methyl sites for hydroxylation is 4. The molecule has 3 N–H and O–H groups in total. The van der Waals surface area contributed by atoms with E-state index in [9.17, 15) is 78.4 Å². The van der Waals surface area contributed by atoms with E-state index in [1.54, 1.807) is 119 Å². The summed E-state index contributed by atoms with van der Waals surface area (Å²) in [5, 5.41) is 47.3. The van der Waals surface area contributed by atoms with Gasteiger partial charge < -0.3 is 34.9 Å². The molecule has 0 radical (unpaired) electrons. The summed E-state index contributed by atoms with van der Waals surface area (Å²) in [5.74, 6) is -6.24. The van der Waals surface area contributed by atoms with Crippen molar-refractivity contribution in [3.05, 3.63) is 287 Å². The second-order valence-electron chi connectivity index (χ2n) is 26.8. The molecule has 0 aliphatic carbocycles. The van der Waals surface area contributed by atoms with Gasteiger partial charge in [0.15, 0.2) is 5.60 Å². The molecule has 12 aromatic rings. The van der Waals surface area contributed by atoms with Gasteiger partial charge in [0.05, 0.1) is 73.9 Å². The number of nitrogens with zero attached hydrogens (tertiary/aromatic N) is 12. The lowest BCUT2D eigenvalue weighted by Gasteiger charge is -2.25. The van der Waals surface area contributed by atoms with Crippen molar-refractivity contribution in [2.45, 2.75) is 105 Å². The predicted octanol–water partition coefficient (Wildman–Crippen LogP) is 16.4. The summed E-state index contributed by atoms with van der Waals surface area (Å²) >= 11 is 0. The lowest BCUT2D eigenvalue weighted by molar-refractivity contribution is -0.253. The van der Waals surface area contributed by atoms with Gasteiger partial charge in [0.1, 0.15) is 23.3 Å². The minimum Gasteiger partial charge on any atom is -0.375 e. The van der Waals surface area contributed by atoms with Crippen molar-refractivity contribution in [1.82, 2.24) is 39.1 Å². The largest absolute Gasteiger partial charge is 0.430 e. The molecule has 113 heavy (non-hydrogen) atoms. The number of benzene rings is 8. The van der Waals surface area contributed by atoms with Crippen molar-refractivity contribution in [1.29, 1.82) is 0 Å². The molecule has 4 aliphatic heterocycles. The van der Waals surface area contributed by atoms with E-state index in [1.165, 1.54) is 71.2 Å². The Labute approximate surface area is 645 Å². The van der Waals surface area contributed by atoms with Crippen molar-refractivity contribution in [2.75, 3.05) is 19.6 Å². The number of carbonyl (C=O) groups excluding carboxylic acids is 4. The van der Waals surface area contributed by atoms with Crippen LogP contribution in [0.2, 0.25) is 0 Å². The smallest absolute Gasteiger partial charge is 0.375 e. The van der Waals surface area contributed by atoms with E-state index in [-0.39, 0.29) is 83.9 Å². The second-order valence-corrected chi connectivity index (χ2v) is 26.8. The molecule has 16 rings (SSSR count). The van der Waals surface area contributed by atoms with Gasteiger partial charge >= 0.3 is 12.4 Å². The average molecular weight is 1560 g/mol. The van der Waals surface area contributed by atoms with Crippen LogP contribution in [0.5, 0.6) is 0 Å². The van der Waals surface area contributed by atoms with E-state index in [1.807, 2.05) is 75.0 Å². The van der Waals surface area contributed by atoms with E-state index >= 15 is 0 Å². The number of aliphatic hydroxyl groups is 3. The first-order chi connectivity index (χ1) is 51.7. The minimum absolute atomic E-state index is 0. The highest BCUT2D eigenvalue weighted by atomic mass is 19.4. The summed E-state index contributed by atoms with van der Waals surface area (Å²) in [6, 6.07) is 43.6. The molecule has 4 atom stereocenters. The molecule has 4 aromatic heterocycles. The summed E-state index contributed by atoms with van der Waals surface area (Å²) in [6.45, 7) is 3.00. The van der Waals surface area contributed by atoms with Crippen LogP contribution in [0.1, 0.15) is 94.0 Å². The maximum absolute atomic E-state index is 14.7. The quantitative estimate of drug-likeness (QED) is 0.0979. The maximum Gasteiger partial charge on any atom is 0.430 e. The van der Waals surface area contributed by atoms with Crippen LogP contribution >= 0.6 is 0 Å². The number of alkyl halides is 6. The fraction of sp³-hybridized carbons (Fsp3) is 0.238. The fourth-order valence-electron chi connectivity index (χ4n) is 13.6. The number of anilines is 4. The Morgan fingerprint density at radius 1 is 0.381 bits per heavy atom. The Hall–Kier alpha value is -12.3. The van der Waals surface area contributed by atoms with Gasteiger partial charge in [-0.3, -0.25) is 37.9 Å². The van der Waals surface area contributed by atoms with Gasteiger partial charge in [-0.1, -0.05) is 145 Å². The average Bonchev–Trinajstić information content (AvgIpc) is 1.57. The molecule has 4 unspecified atom stereocenters. The number of rotatable bonds is 12. The summed E-state index contributed by atoms with van der Waals surface area (Å²) in [5.41, 5.74) is -0.0813. The Balaban J connectivity index is 0.000000171. The highest BCUT2D eigenvalue weighted by molar-refractivity contribution is 6.09. The van der Waals surface area contributed by atoms with Crippen molar-refractivity contribution in [3.63, 3.8) is 0 Å². The first-order valence-electron chi connectivity index (χ1n) is 33.7. The standard InChI is InChI=1S/C20H14F5N3O2.C20H16F3N3O2.C20H18FN3O2.C20H18FN3O.4CH4/c1-27-9-13(8-26-27)11-2-3-12(16(22)6-11)10-28-17-5-4-14(21)7-15(17)19(30,18(28)29)20(23,24)25;1-25-12-15(10-24-25)14-8-6-13(7-9-14)11-26-17-5-3-2-4-16(17)19(28,18(26)27)20(21,22)23;1-20(26)16-5-3-4-6-18(16)24(19(20)25)12-14-8-7-13(9-17(14)21)15-10-22-23(2)11-15;1-13-17-5-3-4-6-19(17)24(20(13)25)12-15-8-7-14(9-18(15)21)16-10-22-23(2)11-16;;;;/h2-9,30H,10H2,1H3;2-10,12,28H,11H2,1H3;3-11,26H,12H2,1-2H3;3-11,13H,12H2,1-2H3;4*1H4. The van der Waals surface area contributed by atoms with Gasteiger partial charge in [0.2, 0.25) is 5.91 Å². The molecule has 0 spiro atoms. The highest BCUT2D eigenvalue weighted by Crippen LogP contribution is 2.52. The van der Waals surface area contributed by atoms with Crippen LogP contribution in [0.3, 0.4) is 0 Å². The van der Waals surface area contributed by atoms with E-state index in [0.29, 0.717) is 50.0 Å². The summed E-state index contributed by atoms with van der Waals surface area (Å²) in [4.78, 5) is 55.0. The van der Waals surface area contributed by atoms with Gasteiger partial charge in [-0.15, -0.1) is 0 Å². The molecule has 4 aliphatic rings. The molecule has 8 heterocycles. The van der Waals surface area contributed by atoms with E-state index in [2.05, 4.69) is 20.4 Å². The van der Waals surface area contributed by atoms with Crippen molar-refractivity contribution in [2.24, 2.45) is 28.2 Å². The zero-order valence-electron chi connectivity index (χ0n) is 58.8. The molecule has 29 heteroatoms. The van der Waals surface area contributed by atoms with Crippen LogP contribution in [-0.2, 0) is 90.4 Å². The molecule has 19 nitrogen and oxygen atoms in total. The number of hydrogen-bond donors (Lipinski definition) is 3. The molecule has 590 valence electrons. The zero-order chi connectivity index (χ0) is 78.0. The first kappa shape index (κ1) is 84.7. The fourth-order valence-corrected chi connectivity index (χ4v) is 13.6. The summed E-state index contributed by atoms with van der Waals surface area (Å²) in [6.07, 6.45) is 3.27. The number of halogens is 10. The number of carbonyl (C=O) groups is 4. The number of aromatic nitrogens is 8. The SMILES string of the molecule is C.C.C.C.CC1C(=O)N(Cc2ccc(-c3cnn(C)c3)cc2F)c2ccccc21.Cn1cc(-c2ccc(CN3C(=O)C(C)(O)c4ccccc43)c(F)c2)cn1.Cn1cc(-c2ccc(CN3C(=O)C(O)(C(F)(F)F)c4cc(F)ccc43)c(F)c2)cn1.Cn1cc(-c2ccc(CN3C(=O)C(O)(C(F)(F)F)c4ccccc43)cc2)cn1. The van der Waals surface area contributed by atoms with E-state index in [0.717, 1.165) is 67.7 Å². The third kappa shape index (κ3) is 15.9. The van der Waals surface area contributed by atoms with Crippen LogP contribution < -0.4 is 19.6 Å². The highest BCUT2D eigenvalue weighted by Gasteiger charge is 2.68. The Morgan fingerprint density at radius 2 is 0.726 bits per heavy atom. The van der Waals surface area contributed by atoms with Crippen molar-refractivity contribution >= 4 is 46.4 Å². The van der Waals surface area contributed by atoms with Crippen molar-refractivity contribution in [3.8, 4) is 44.5 Å². The number of para-hydroxylation sites is 3. The Kier molecular flexibility index (Phi) is 24.4. The molecular weight excluding hydrogens is 1480 g/mol. The molecule has 0 saturated heterocycles. The third-order valence-electron chi connectivity index (χ3n) is 19.5. The molecular formula is C84H82F10N12O7. The zero-order valence-corrected chi connectivity index (χ0v) is 58.8. The van der Waals surface area contributed by atoms with Crippen molar-refractivity contribution < 1.29 is 78.4 Å². The Bertz CT molecular complexity index is 5520. The predicted molar refractivity (Wildman–Crippen MR) is 410 cm³/mol. The molecule has 0 bridgehead atoms. The minimum atomic E-state index is -5.38. The normalized spacial score (nSPS) is 17.7. The van der Waals surface area contributed by atoms with Crippen LogP contribution in [-0.4, -0.2) is 90.4 Å². The molecule has 0 fully saturated rings. The van der Waals surface area contributed by atoms with Gasteiger partial charge in [-0.2, -0.15) is 46.7 Å². The van der Waals surface area contributed by atoms with Crippen LogP contribution in [0.25, 0.3) is 44.5 Å². The molecule has 4 amide bonds. The van der Waals surface area contributed by atoms with Crippen LogP contribution in [0, 0.1) is 23.3 Å². The maximum atomic E-state index is 14.7. The summed E-state index contributed by atoms with van der Waals surface area (Å²) in [7, 11) is 7.12. The summed E-state index contributed by atoms with van der Waals surface area (Å²) < 4.78 is 145. The van der Waals surface area contributed by atoms with Gasteiger partial charge in [-0.25, -0.2) is 17.6 Å². The van der Waals surface area contributed by atoms with Crippen LogP contribution in [0.4, 0.5) is 66.7 Å². The second kappa shape index (κ2) is 32.5. The van der Waals surface area contributed by atoms with Gasteiger partial charge in [0.25, 0.3) is 28.9 Å². The Morgan fingerprint density at radius 3 is 1.14 bits per heavy atom. The van der Waals surface area contributed by atoms with Gasteiger partial charge in [-0.05, 0) is 102 Å². The topological polar surface area (TPSA) is 213 Å². The molecule has 0 saturated carbocycles. The first-order valence-corrected chi connectivity index (χ1v) is 33.7. The number of fused-ring (bicyclic) bond motifs is 4. The molecule has 8 aromatic carbocycles. The number of amides is 4. The lowest BCUT2D eigenvalue weighted by Crippen LogP contribution is -2.50. The van der Waals surface area contributed by atoms with E-state index in [4.69, 9.17) is 0 Å². The van der Waals surface area contributed by atoms with Crippen LogP contribution in [0.15, 0.2) is 219 Å².